The molecule has 0 spiro atoms. The minimum atomic E-state index is -8.77. The topological polar surface area (TPSA) is 27.7 Å². The van der Waals surface area contributed by atoms with Gasteiger partial charge in [-0.1, -0.05) is 0 Å². The first-order chi connectivity index (χ1) is 23.3. The molecule has 55 heavy (non-hydrogen) atoms. The molecule has 0 aliphatic rings. The molecule has 2 unspecified atom stereocenters. The van der Waals surface area contributed by atoms with E-state index in [0.717, 1.165) is 9.47 Å². The van der Waals surface area contributed by atoms with Crippen LogP contribution in [0.1, 0.15) is 0 Å². The Morgan fingerprint density at radius 2 is 0.455 bits per heavy atom. The molecule has 0 aliphatic heterocycles. The Balaban J connectivity index is 7.48. The second-order valence-corrected chi connectivity index (χ2v) is 9.11. The molecule has 0 fully saturated rings. The molecule has 0 aromatic heterocycles. The number of ether oxygens (including phenoxy) is 3. The first kappa shape index (κ1) is 52.0. The fourth-order valence-electron chi connectivity index (χ4n) is 2.48. The smallest absolute Gasteiger partial charge is 0.264 e. The Kier molecular flexibility index (Phi) is 13.1. The molecule has 0 heterocycles. The third kappa shape index (κ3) is 8.64. The number of rotatable bonds is 14. The third-order valence-electron chi connectivity index (χ3n) is 5.22. The summed E-state index contributed by atoms with van der Waals surface area (Å²) in [5, 5.41) is 0. The number of halogens is 34. The fourth-order valence-corrected chi connectivity index (χ4v) is 2.48. The second-order valence-electron chi connectivity index (χ2n) is 9.11. The maximum Gasteiger partial charge on any atom is 0.462 e. The van der Waals surface area contributed by atoms with Crippen LogP contribution in [0.5, 0.6) is 0 Å². The van der Waals surface area contributed by atoms with Gasteiger partial charge in [-0.25, -0.2) is 13.5 Å². The van der Waals surface area contributed by atoms with Crippen molar-refractivity contribution in [1.29, 1.82) is 0 Å². The van der Waals surface area contributed by atoms with Crippen LogP contribution in [0.4, 0.5) is 149 Å². The molecule has 0 saturated carbocycles. The number of alkyl halides is 30. The minimum Gasteiger partial charge on any atom is -0.264 e. The Morgan fingerprint density at radius 1 is 0.255 bits per heavy atom. The van der Waals surface area contributed by atoms with E-state index in [2.05, 4.69) is 0 Å². The lowest BCUT2D eigenvalue weighted by molar-refractivity contribution is -0.505. The van der Waals surface area contributed by atoms with Crippen molar-refractivity contribution in [1.82, 2.24) is 0 Å². The van der Waals surface area contributed by atoms with E-state index in [1.54, 1.807) is 0 Å². The Labute approximate surface area is 273 Å². The van der Waals surface area contributed by atoms with Gasteiger partial charge in [0.25, 0.3) is 0 Å². The lowest BCUT2D eigenvalue weighted by atomic mass is 10.1. The monoisotopic (exact) mass is 910 g/mol. The van der Waals surface area contributed by atoms with Crippen molar-refractivity contribution < 1.29 is 163 Å². The molecule has 328 valence electrons. The summed E-state index contributed by atoms with van der Waals surface area (Å²) in [6.45, 7) is 0. The normalized spacial score (nSPS) is 19.1. The van der Waals surface area contributed by atoms with Gasteiger partial charge in [-0.3, -0.25) is 9.47 Å². The van der Waals surface area contributed by atoms with Crippen molar-refractivity contribution in [2.24, 2.45) is 0 Å². The minimum absolute atomic E-state index is 0.949. The maximum atomic E-state index is 14.0. The van der Waals surface area contributed by atoms with E-state index in [1.807, 2.05) is 0 Å². The lowest BCUT2D eigenvalue weighted by Crippen LogP contribution is -2.65. The van der Waals surface area contributed by atoms with Crippen molar-refractivity contribution >= 4 is 0 Å². The highest BCUT2D eigenvalue weighted by atomic mass is 19.4. The molecule has 0 radical (unpaired) electrons. The van der Waals surface area contributed by atoms with Crippen LogP contribution in [0.25, 0.3) is 0 Å². The predicted molar refractivity (Wildman–Crippen MR) is 93.2 cm³/mol. The van der Waals surface area contributed by atoms with Gasteiger partial charge in [0, 0.05) is 0 Å². The van der Waals surface area contributed by atoms with Gasteiger partial charge in [0.15, 0.2) is 0 Å². The van der Waals surface area contributed by atoms with E-state index < -0.39 is 108 Å². The number of hydrogen-bond acceptors (Lipinski definition) is 3. The SMILES string of the molecule is FC(=C(F)C(F)(F)C(F)(OC(F)(F)C(F)(F)C(F)(F)F)C(F)(F)F)C(F)(F)OC(F)(F)C(F)=C(F)C(F)(F)C(F)(OC(F)(F)C(F)(F)C(F)(F)F)C(F)(F)F. The van der Waals surface area contributed by atoms with Gasteiger partial charge in [0.05, 0.1) is 0 Å². The highest BCUT2D eigenvalue weighted by Crippen LogP contribution is 2.60. The molecule has 0 amide bonds. The van der Waals surface area contributed by atoms with Crippen LogP contribution >= 0.6 is 0 Å². The van der Waals surface area contributed by atoms with Gasteiger partial charge in [-0.05, 0) is 0 Å². The average molecular weight is 910 g/mol. The van der Waals surface area contributed by atoms with Crippen molar-refractivity contribution in [2.75, 3.05) is 0 Å². The quantitative estimate of drug-likeness (QED) is 0.163. The summed E-state index contributed by atoms with van der Waals surface area (Å²) in [6, 6.07) is 0. The summed E-state index contributed by atoms with van der Waals surface area (Å²) >= 11 is 0. The standard InChI is InChI=1S/C18F34O3/c19-1(5(23,24)11(35,15(43,44)45)54-17(49,50)9(31,32)13(37,38)39)3(21)7(27,28)53-8(29,30)4(22)2(20)6(25,26)12(36,16(46,47)48)55-18(51,52)10(33,34)14(40,41)42. The maximum absolute atomic E-state index is 14.0. The molecule has 0 bridgehead atoms. The van der Waals surface area contributed by atoms with E-state index in [-0.39, 0.29) is 0 Å². The number of hydrogen-bond donors (Lipinski definition) is 0. The first-order valence-electron chi connectivity index (χ1n) is 11.2. The van der Waals surface area contributed by atoms with Crippen LogP contribution in [-0.2, 0) is 14.2 Å². The van der Waals surface area contributed by atoms with Crippen LogP contribution in [0, 0.1) is 0 Å². The molecule has 0 rings (SSSR count). The van der Waals surface area contributed by atoms with Crippen LogP contribution < -0.4 is 0 Å². The predicted octanol–water partition coefficient (Wildman–Crippen LogP) is 11.8. The van der Waals surface area contributed by atoms with Gasteiger partial charge in [-0.15, -0.1) is 0 Å². The summed E-state index contributed by atoms with van der Waals surface area (Å²) in [5.41, 5.74) is 0. The van der Waals surface area contributed by atoms with Crippen LogP contribution in [0.3, 0.4) is 0 Å². The van der Waals surface area contributed by atoms with Gasteiger partial charge < -0.3 is 0 Å². The summed E-state index contributed by atoms with van der Waals surface area (Å²) in [5.74, 6) is -75.6. The zero-order valence-electron chi connectivity index (χ0n) is 23.1. The van der Waals surface area contributed by atoms with Gasteiger partial charge in [0.2, 0.25) is 23.3 Å². The molecule has 37 heteroatoms. The molecule has 0 aromatic carbocycles. The van der Waals surface area contributed by atoms with Crippen LogP contribution in [-0.4, -0.2) is 84.5 Å². The van der Waals surface area contributed by atoms with E-state index in [4.69, 9.17) is 0 Å². The van der Waals surface area contributed by atoms with E-state index >= 15 is 0 Å². The third-order valence-corrected chi connectivity index (χ3v) is 5.22. The molecule has 3 nitrogen and oxygen atoms in total. The van der Waals surface area contributed by atoms with E-state index in [1.165, 1.54) is 4.74 Å². The Morgan fingerprint density at radius 3 is 0.618 bits per heavy atom. The Hall–Kier alpha value is -3.02. The van der Waals surface area contributed by atoms with Crippen molar-refractivity contribution in [3.8, 4) is 0 Å². The highest BCUT2D eigenvalue weighted by molar-refractivity contribution is 5.22. The lowest BCUT2D eigenvalue weighted by Gasteiger charge is -2.38. The Bertz CT molecular complexity index is 1350. The molecule has 0 aliphatic carbocycles. The van der Waals surface area contributed by atoms with E-state index in [0.29, 0.717) is 0 Å². The zero-order chi connectivity index (χ0) is 45.4. The summed E-state index contributed by atoms with van der Waals surface area (Å²) in [7, 11) is 0. The fraction of sp³-hybridized carbons (Fsp3) is 0.778. The summed E-state index contributed by atoms with van der Waals surface area (Å²) in [4.78, 5) is 0. The average Bonchev–Trinajstić information content (AvgIpc) is 2.91. The van der Waals surface area contributed by atoms with E-state index in [9.17, 15) is 149 Å². The first-order valence-corrected chi connectivity index (χ1v) is 11.2. The second kappa shape index (κ2) is 13.8. The summed E-state index contributed by atoms with van der Waals surface area (Å²) < 4.78 is 449. The van der Waals surface area contributed by atoms with Gasteiger partial charge >= 0.3 is 84.5 Å². The highest BCUT2D eigenvalue weighted by Gasteiger charge is 2.86. The van der Waals surface area contributed by atoms with Crippen molar-refractivity contribution in [3.63, 3.8) is 0 Å². The molecular formula is C18F34O3. The molecular weight excluding hydrogens is 910 g/mol. The summed E-state index contributed by atoms with van der Waals surface area (Å²) in [6.07, 6.45) is -66.4. The molecule has 2 atom stereocenters. The van der Waals surface area contributed by atoms with Crippen LogP contribution in [0.2, 0.25) is 0 Å². The van der Waals surface area contributed by atoms with Crippen LogP contribution in [0.15, 0.2) is 23.3 Å². The van der Waals surface area contributed by atoms with Gasteiger partial charge in [0.1, 0.15) is 0 Å². The van der Waals surface area contributed by atoms with Crippen molar-refractivity contribution in [3.05, 3.63) is 23.3 Å². The zero-order valence-corrected chi connectivity index (χ0v) is 23.1. The molecule has 0 saturated heterocycles. The molecule has 0 N–H and O–H groups in total. The molecule has 0 aromatic rings. The largest absolute Gasteiger partial charge is 0.462 e. The van der Waals surface area contributed by atoms with Crippen molar-refractivity contribution in [2.45, 2.75) is 84.5 Å². The van der Waals surface area contributed by atoms with Gasteiger partial charge in [-0.2, -0.15) is 140 Å².